The summed E-state index contributed by atoms with van der Waals surface area (Å²) in [5, 5.41) is 0. The van der Waals surface area contributed by atoms with Crippen molar-refractivity contribution < 1.29 is 4.74 Å². The van der Waals surface area contributed by atoms with Crippen molar-refractivity contribution in [1.29, 1.82) is 0 Å². The van der Waals surface area contributed by atoms with Gasteiger partial charge in [-0.25, -0.2) is 0 Å². The molecule has 10 aromatic rings. The van der Waals surface area contributed by atoms with Crippen LogP contribution in [-0.2, 0) is 5.41 Å². The van der Waals surface area contributed by atoms with Gasteiger partial charge in [0, 0.05) is 33.6 Å². The lowest BCUT2D eigenvalue weighted by molar-refractivity contribution is 0.488. The van der Waals surface area contributed by atoms with Gasteiger partial charge in [-0.05, 0) is 132 Å². The zero-order valence-electron chi connectivity index (χ0n) is 36.4. The molecule has 2 nitrogen and oxygen atoms in total. The van der Waals surface area contributed by atoms with E-state index in [2.05, 4.69) is 255 Å². The third kappa shape index (κ3) is 6.65. The smallest absolute Gasteiger partial charge is 0.135 e. The average Bonchev–Trinajstić information content (AvgIpc) is 3.49. The van der Waals surface area contributed by atoms with Gasteiger partial charge in [-0.2, -0.15) is 0 Å². The van der Waals surface area contributed by atoms with Gasteiger partial charge in [-0.15, -0.1) is 0 Å². The molecule has 0 N–H and O–H groups in total. The Bertz CT molecular complexity index is 3390. The molecular weight excluding hydrogens is 787 g/mol. The largest absolute Gasteiger partial charge is 0.456 e. The number of hydrogen-bond donors (Lipinski definition) is 0. The Morgan fingerprint density at radius 1 is 0.292 bits per heavy atom. The monoisotopic (exact) mass is 831 g/mol. The molecule has 12 rings (SSSR count). The van der Waals surface area contributed by atoms with E-state index in [0.29, 0.717) is 0 Å². The predicted octanol–water partition coefficient (Wildman–Crippen LogP) is 17.6. The Morgan fingerprint density at radius 2 is 0.754 bits per heavy atom. The first-order valence-corrected chi connectivity index (χ1v) is 22.5. The molecule has 0 bridgehead atoms. The van der Waals surface area contributed by atoms with Crippen molar-refractivity contribution in [2.24, 2.45) is 0 Å². The molecule has 0 amide bonds. The maximum Gasteiger partial charge on any atom is 0.135 e. The molecule has 10 aromatic carbocycles. The second-order valence-electron chi connectivity index (χ2n) is 17.7. The van der Waals surface area contributed by atoms with Crippen molar-refractivity contribution >= 4 is 17.1 Å². The van der Waals surface area contributed by atoms with E-state index in [4.69, 9.17) is 4.74 Å². The van der Waals surface area contributed by atoms with Gasteiger partial charge in [0.1, 0.15) is 11.5 Å². The fourth-order valence-corrected chi connectivity index (χ4v) is 10.2. The fourth-order valence-electron chi connectivity index (χ4n) is 10.2. The van der Waals surface area contributed by atoms with E-state index in [1.54, 1.807) is 0 Å². The lowest BCUT2D eigenvalue weighted by atomic mass is 9.82. The summed E-state index contributed by atoms with van der Waals surface area (Å²) in [6.07, 6.45) is 0. The normalized spacial score (nSPS) is 12.7. The van der Waals surface area contributed by atoms with Crippen molar-refractivity contribution in [2.75, 3.05) is 4.90 Å². The highest BCUT2D eigenvalue weighted by Gasteiger charge is 2.36. The maximum absolute atomic E-state index is 6.87. The summed E-state index contributed by atoms with van der Waals surface area (Å²) in [5.74, 6) is 1.72. The molecule has 0 atom stereocenters. The minimum absolute atomic E-state index is 0.104. The molecule has 0 unspecified atom stereocenters. The number of fused-ring (bicyclic) bond motifs is 8. The van der Waals surface area contributed by atoms with Crippen LogP contribution in [0, 0.1) is 0 Å². The molecule has 65 heavy (non-hydrogen) atoms. The number of hydrogen-bond acceptors (Lipinski definition) is 2. The van der Waals surface area contributed by atoms with E-state index in [0.717, 1.165) is 67.5 Å². The van der Waals surface area contributed by atoms with Crippen molar-refractivity contribution in [2.45, 2.75) is 19.3 Å². The molecule has 308 valence electrons. The van der Waals surface area contributed by atoms with Gasteiger partial charge in [-0.1, -0.05) is 196 Å². The van der Waals surface area contributed by atoms with Crippen molar-refractivity contribution in [3.8, 4) is 89.4 Å². The Hall–Kier alpha value is -8.20. The number of benzene rings is 10. The third-order valence-corrected chi connectivity index (χ3v) is 13.5. The first-order valence-electron chi connectivity index (χ1n) is 22.5. The number of nitrogens with zero attached hydrogens (tertiary/aromatic N) is 1. The SMILES string of the molecule is CC1(C)c2ccccc2-c2ccc(N(c3ccc(-c4ccccc4)cc3)c3ccc(-c4ccc(-c5cccc6c5-c5ccccc5-c5ccc(-c7ccccc7)cc5O6)cc4)cc3)cc21. The summed E-state index contributed by atoms with van der Waals surface area (Å²) in [6.45, 7) is 4.70. The lowest BCUT2D eigenvalue weighted by Crippen LogP contribution is -2.16. The third-order valence-electron chi connectivity index (χ3n) is 13.5. The standard InChI is InChI=1S/C63H45NO/c1-63(2)58-22-12-11-19-54(58)55-39-37-51(41-59(55)63)64(49-33-28-45(29-34-49)42-14-5-3-6-15-42)50-35-30-46(31-36-50)44-24-26-47(27-25-44)52-21-13-23-60-62(52)57-20-10-9-18-53(57)56-38-32-48(40-61(56)65-60)43-16-7-4-8-17-43/h3-41H,1-2H3. The van der Waals surface area contributed by atoms with Crippen LogP contribution in [0.5, 0.6) is 11.5 Å². The summed E-state index contributed by atoms with van der Waals surface area (Å²) in [4.78, 5) is 2.39. The molecule has 1 aliphatic carbocycles. The number of anilines is 3. The first kappa shape index (κ1) is 38.5. The molecule has 2 heteroatoms. The number of rotatable bonds is 7. The quantitative estimate of drug-likeness (QED) is 0.159. The number of ether oxygens (including phenoxy) is 1. The average molecular weight is 832 g/mol. The van der Waals surface area contributed by atoms with Crippen LogP contribution in [0.2, 0.25) is 0 Å². The summed E-state index contributed by atoms with van der Waals surface area (Å²) < 4.78 is 6.87. The second kappa shape index (κ2) is 15.6. The molecule has 0 fully saturated rings. The predicted molar refractivity (Wildman–Crippen MR) is 271 cm³/mol. The Labute approximate surface area is 381 Å². The van der Waals surface area contributed by atoms with Gasteiger partial charge in [-0.3, -0.25) is 0 Å². The highest BCUT2D eigenvalue weighted by Crippen LogP contribution is 2.52. The van der Waals surface area contributed by atoms with E-state index in [1.165, 1.54) is 50.1 Å². The van der Waals surface area contributed by atoms with Crippen LogP contribution in [0.25, 0.3) is 77.9 Å². The Kier molecular flexibility index (Phi) is 9.21. The van der Waals surface area contributed by atoms with Crippen LogP contribution in [0.4, 0.5) is 17.1 Å². The first-order chi connectivity index (χ1) is 32.0. The van der Waals surface area contributed by atoms with Gasteiger partial charge in [0.05, 0.1) is 0 Å². The van der Waals surface area contributed by atoms with Gasteiger partial charge < -0.3 is 9.64 Å². The molecule has 2 aliphatic rings. The molecule has 0 radical (unpaired) electrons. The van der Waals surface area contributed by atoms with Gasteiger partial charge >= 0.3 is 0 Å². The fraction of sp³-hybridized carbons (Fsp3) is 0.0476. The second-order valence-corrected chi connectivity index (χ2v) is 17.7. The molecule has 1 aliphatic heterocycles. The summed E-state index contributed by atoms with van der Waals surface area (Å²) in [6, 6.07) is 85.6. The van der Waals surface area contributed by atoms with Crippen LogP contribution in [-0.4, -0.2) is 0 Å². The van der Waals surface area contributed by atoms with Crippen molar-refractivity contribution in [3.63, 3.8) is 0 Å². The van der Waals surface area contributed by atoms with E-state index in [-0.39, 0.29) is 5.41 Å². The van der Waals surface area contributed by atoms with Gasteiger partial charge in [0.25, 0.3) is 0 Å². The van der Waals surface area contributed by atoms with Crippen molar-refractivity contribution in [3.05, 3.63) is 248 Å². The van der Waals surface area contributed by atoms with Gasteiger partial charge in [0.15, 0.2) is 0 Å². The van der Waals surface area contributed by atoms with Crippen LogP contribution in [0.1, 0.15) is 25.0 Å². The zero-order chi connectivity index (χ0) is 43.5. The van der Waals surface area contributed by atoms with Crippen LogP contribution >= 0.6 is 0 Å². The Morgan fingerprint density at radius 3 is 1.42 bits per heavy atom. The summed E-state index contributed by atoms with van der Waals surface area (Å²) in [5.41, 5.74) is 22.5. The molecule has 1 heterocycles. The summed E-state index contributed by atoms with van der Waals surface area (Å²) >= 11 is 0. The topological polar surface area (TPSA) is 12.5 Å². The van der Waals surface area contributed by atoms with Crippen LogP contribution in [0.3, 0.4) is 0 Å². The molecule has 0 aromatic heterocycles. The molecule has 0 saturated heterocycles. The molecule has 0 saturated carbocycles. The van der Waals surface area contributed by atoms with Gasteiger partial charge in [0.2, 0.25) is 0 Å². The molecular formula is C63H45NO. The van der Waals surface area contributed by atoms with E-state index < -0.39 is 0 Å². The maximum atomic E-state index is 6.87. The van der Waals surface area contributed by atoms with E-state index >= 15 is 0 Å². The van der Waals surface area contributed by atoms with Crippen LogP contribution in [0.15, 0.2) is 237 Å². The highest BCUT2D eigenvalue weighted by molar-refractivity contribution is 5.98. The lowest BCUT2D eigenvalue weighted by Gasteiger charge is -2.28. The Balaban J connectivity index is 0.885. The molecule has 0 spiro atoms. The zero-order valence-corrected chi connectivity index (χ0v) is 36.4. The van der Waals surface area contributed by atoms with Crippen LogP contribution < -0.4 is 9.64 Å². The van der Waals surface area contributed by atoms with E-state index in [9.17, 15) is 0 Å². The van der Waals surface area contributed by atoms with Crippen molar-refractivity contribution in [1.82, 2.24) is 0 Å². The highest BCUT2D eigenvalue weighted by atomic mass is 16.5. The van der Waals surface area contributed by atoms with E-state index in [1.807, 2.05) is 0 Å². The minimum atomic E-state index is -0.104. The summed E-state index contributed by atoms with van der Waals surface area (Å²) in [7, 11) is 0. The minimum Gasteiger partial charge on any atom is -0.456 e.